The second kappa shape index (κ2) is 4.93. The second-order valence-corrected chi connectivity index (χ2v) is 4.80. The molecule has 0 aromatic heterocycles. The Morgan fingerprint density at radius 3 is 1.75 bits per heavy atom. The molecule has 0 aromatic carbocycles. The van der Waals surface area contributed by atoms with Crippen LogP contribution in [0, 0.1) is 5.41 Å². The summed E-state index contributed by atoms with van der Waals surface area (Å²) < 4.78 is 32.6. The van der Waals surface area contributed by atoms with Crippen LogP contribution < -0.4 is 34.3 Å². The summed E-state index contributed by atoms with van der Waals surface area (Å²) in [5.74, 6) is 0. The van der Waals surface area contributed by atoms with E-state index < -0.39 is 10.3 Å². The summed E-state index contributed by atoms with van der Waals surface area (Å²) in [6, 6.07) is -0.343. The summed E-state index contributed by atoms with van der Waals surface area (Å²) in [6.45, 7) is 7.23. The Bertz CT molecular complexity index is 219. The first kappa shape index (κ1) is 15.3. The Balaban J connectivity index is 0. The van der Waals surface area contributed by atoms with E-state index in [2.05, 4.69) is 0 Å². The molecule has 0 rings (SSSR count). The minimum absolute atomic E-state index is 0. The molecule has 6 heteroatoms. The van der Waals surface area contributed by atoms with Crippen LogP contribution in [0.1, 0.15) is 27.7 Å². The van der Waals surface area contributed by atoms with E-state index in [1.54, 1.807) is 6.92 Å². The molecule has 4 nitrogen and oxygen atoms in total. The molecule has 0 fully saturated rings. The molecule has 0 saturated carbocycles. The zero-order valence-electron chi connectivity index (χ0n) is 8.21. The molecule has 0 radical (unpaired) electrons. The average molecular weight is 203 g/mol. The second-order valence-electron chi connectivity index (χ2n) is 3.66. The molecule has 0 amide bonds. The van der Waals surface area contributed by atoms with Crippen LogP contribution in [0.2, 0.25) is 0 Å². The van der Waals surface area contributed by atoms with Crippen molar-refractivity contribution in [2.75, 3.05) is 0 Å². The maximum atomic E-state index is 10.2. The van der Waals surface area contributed by atoms with Gasteiger partial charge in [0.2, 0.25) is 0 Å². The number of nitrogens with one attached hydrogen (secondary N) is 1. The van der Waals surface area contributed by atoms with Crippen LogP contribution in [0.3, 0.4) is 0 Å². The molecular weight excluding hydrogens is 189 g/mol. The van der Waals surface area contributed by atoms with Gasteiger partial charge in [0, 0.05) is 6.04 Å². The van der Waals surface area contributed by atoms with Crippen molar-refractivity contribution < 1.29 is 42.5 Å². The molecule has 68 valence electrons. The van der Waals surface area contributed by atoms with Gasteiger partial charge in [0.05, 0.1) is 0 Å². The van der Waals surface area contributed by atoms with E-state index in [1.165, 1.54) is 0 Å². The monoisotopic (exact) mass is 203 g/mol. The van der Waals surface area contributed by atoms with E-state index in [0.717, 1.165) is 0 Å². The maximum absolute atomic E-state index is 10.2. The molecule has 0 aliphatic rings. The standard InChI is InChI=1S/C6H15NO3S.Na/c1-5(6(2,3)4)7-11(8,9)10;/h5,7H,1-4H3,(H,8,9,10);/q;+1/p-1. The number of hydrogen-bond donors (Lipinski definition) is 1. The predicted molar refractivity (Wildman–Crippen MR) is 41.7 cm³/mol. The van der Waals surface area contributed by atoms with Gasteiger partial charge < -0.3 is 4.55 Å². The molecule has 1 atom stereocenters. The first-order valence-electron chi connectivity index (χ1n) is 3.36. The minimum atomic E-state index is -4.31. The first-order valence-corrected chi connectivity index (χ1v) is 4.77. The molecule has 0 spiro atoms. The Hall–Kier alpha value is 0.870. The summed E-state index contributed by atoms with van der Waals surface area (Å²) >= 11 is 0. The van der Waals surface area contributed by atoms with Gasteiger partial charge in [0.15, 0.2) is 10.3 Å². The third-order valence-corrected chi connectivity index (χ3v) is 2.26. The molecular formula is C6H14NNaO3S. The summed E-state index contributed by atoms with van der Waals surface area (Å²) in [5.41, 5.74) is -0.225. The van der Waals surface area contributed by atoms with Gasteiger partial charge in [0.25, 0.3) is 0 Å². The summed E-state index contributed by atoms with van der Waals surface area (Å²) in [7, 11) is -4.31. The van der Waals surface area contributed by atoms with Crippen LogP contribution in [0.25, 0.3) is 0 Å². The van der Waals surface area contributed by atoms with Crippen molar-refractivity contribution >= 4 is 10.3 Å². The Morgan fingerprint density at radius 1 is 1.33 bits per heavy atom. The molecule has 0 aliphatic carbocycles. The fourth-order valence-corrected chi connectivity index (χ4v) is 1.18. The van der Waals surface area contributed by atoms with E-state index in [-0.39, 0.29) is 41.0 Å². The van der Waals surface area contributed by atoms with Gasteiger partial charge in [-0.15, -0.1) is 0 Å². The fraction of sp³-hybridized carbons (Fsp3) is 1.00. The summed E-state index contributed by atoms with van der Waals surface area (Å²) in [4.78, 5) is 0. The van der Waals surface area contributed by atoms with Crippen molar-refractivity contribution in [1.29, 1.82) is 0 Å². The molecule has 0 aromatic rings. The van der Waals surface area contributed by atoms with Crippen LogP contribution in [-0.2, 0) is 10.3 Å². The zero-order valence-corrected chi connectivity index (χ0v) is 11.0. The van der Waals surface area contributed by atoms with Gasteiger partial charge in [0.1, 0.15) is 0 Å². The van der Waals surface area contributed by atoms with E-state index in [1.807, 2.05) is 25.5 Å². The topological polar surface area (TPSA) is 69.2 Å². The van der Waals surface area contributed by atoms with Gasteiger partial charge in [-0.2, -0.15) is 0 Å². The molecule has 12 heavy (non-hydrogen) atoms. The van der Waals surface area contributed by atoms with E-state index in [0.29, 0.717) is 0 Å². The van der Waals surface area contributed by atoms with Gasteiger partial charge in [-0.3, -0.25) is 0 Å². The van der Waals surface area contributed by atoms with Crippen LogP contribution in [0.15, 0.2) is 0 Å². The van der Waals surface area contributed by atoms with Crippen LogP contribution in [0.4, 0.5) is 0 Å². The third kappa shape index (κ3) is 7.52. The van der Waals surface area contributed by atoms with Crippen LogP contribution in [0.5, 0.6) is 0 Å². The number of rotatable bonds is 2. The Kier molecular flexibility index (Phi) is 6.30. The third-order valence-electron chi connectivity index (χ3n) is 1.62. The van der Waals surface area contributed by atoms with Crippen molar-refractivity contribution in [2.24, 2.45) is 5.41 Å². The molecule has 0 bridgehead atoms. The number of hydrogen-bond acceptors (Lipinski definition) is 3. The van der Waals surface area contributed by atoms with Crippen molar-refractivity contribution in [1.82, 2.24) is 4.72 Å². The Labute approximate surface area is 96.3 Å². The SMILES string of the molecule is CC(NS(=O)(=O)[O-])C(C)(C)C.[Na+]. The maximum Gasteiger partial charge on any atom is 1.00 e. The zero-order chi connectivity index (χ0) is 9.28. The molecule has 1 N–H and O–H groups in total. The molecule has 0 heterocycles. The smallest absolute Gasteiger partial charge is 0.735 e. The van der Waals surface area contributed by atoms with Gasteiger partial charge >= 0.3 is 29.6 Å². The molecule has 0 aliphatic heterocycles. The van der Waals surface area contributed by atoms with E-state index in [9.17, 15) is 13.0 Å². The first-order chi connectivity index (χ1) is 4.63. The van der Waals surface area contributed by atoms with Crippen molar-refractivity contribution in [3.63, 3.8) is 0 Å². The molecule has 0 saturated heterocycles. The van der Waals surface area contributed by atoms with Crippen molar-refractivity contribution in [2.45, 2.75) is 33.7 Å². The van der Waals surface area contributed by atoms with Gasteiger partial charge in [-0.05, 0) is 12.3 Å². The minimum Gasteiger partial charge on any atom is -0.735 e. The van der Waals surface area contributed by atoms with Gasteiger partial charge in [-0.25, -0.2) is 13.1 Å². The largest absolute Gasteiger partial charge is 1.00 e. The van der Waals surface area contributed by atoms with E-state index >= 15 is 0 Å². The summed E-state index contributed by atoms with van der Waals surface area (Å²) in [6.07, 6.45) is 0. The van der Waals surface area contributed by atoms with Crippen molar-refractivity contribution in [3.05, 3.63) is 0 Å². The van der Waals surface area contributed by atoms with Crippen molar-refractivity contribution in [3.8, 4) is 0 Å². The van der Waals surface area contributed by atoms with Crippen LogP contribution >= 0.6 is 0 Å². The quantitative estimate of drug-likeness (QED) is 0.397. The van der Waals surface area contributed by atoms with E-state index in [4.69, 9.17) is 0 Å². The van der Waals surface area contributed by atoms with Crippen LogP contribution in [-0.4, -0.2) is 19.0 Å². The predicted octanol–water partition coefficient (Wildman–Crippen LogP) is -2.53. The summed E-state index contributed by atoms with van der Waals surface area (Å²) in [5, 5.41) is 0. The fourth-order valence-electron chi connectivity index (χ4n) is 0.393. The van der Waals surface area contributed by atoms with Gasteiger partial charge in [-0.1, -0.05) is 20.8 Å². The average Bonchev–Trinajstić information content (AvgIpc) is 1.56. The Morgan fingerprint density at radius 2 is 1.67 bits per heavy atom. The molecule has 1 unspecified atom stereocenters. The normalized spacial score (nSPS) is 15.1.